The summed E-state index contributed by atoms with van der Waals surface area (Å²) < 4.78 is 52.1. The number of nitrogens with one attached hydrogen (secondary N) is 1. The second-order valence-corrected chi connectivity index (χ2v) is 4.81. The Bertz CT molecular complexity index is 833. The van der Waals surface area contributed by atoms with E-state index in [2.05, 4.69) is 20.3 Å². The molecule has 0 aliphatic heterocycles. The highest BCUT2D eigenvalue weighted by molar-refractivity contribution is 5.60. The number of hydrogen-bond acceptors (Lipinski definition) is 4. The van der Waals surface area contributed by atoms with Crippen LogP contribution in [0.25, 0.3) is 11.5 Å². The number of anilines is 2. The van der Waals surface area contributed by atoms with Crippen molar-refractivity contribution < 1.29 is 17.6 Å². The minimum absolute atomic E-state index is 0.0652. The summed E-state index contributed by atoms with van der Waals surface area (Å²) in [6.45, 7) is 0. The molecule has 8 heteroatoms. The third kappa shape index (κ3) is 3.65. The van der Waals surface area contributed by atoms with Crippen LogP contribution in [0, 0.1) is 5.82 Å². The molecule has 0 bridgehead atoms. The maximum absolute atomic E-state index is 13.1. The maximum atomic E-state index is 13.1. The Labute approximate surface area is 134 Å². The molecular weight excluding hydrogens is 324 g/mol. The highest BCUT2D eigenvalue weighted by Crippen LogP contribution is 2.31. The molecule has 3 aromatic rings. The summed E-state index contributed by atoms with van der Waals surface area (Å²) in [5, 5.41) is 2.71. The van der Waals surface area contributed by atoms with Gasteiger partial charge in [-0.15, -0.1) is 0 Å². The van der Waals surface area contributed by atoms with Gasteiger partial charge < -0.3 is 5.32 Å². The van der Waals surface area contributed by atoms with Gasteiger partial charge in [-0.2, -0.15) is 13.2 Å². The lowest BCUT2D eigenvalue weighted by Crippen LogP contribution is -2.11. The zero-order valence-corrected chi connectivity index (χ0v) is 12.0. The third-order valence-electron chi connectivity index (χ3n) is 3.03. The standard InChI is InChI=1S/C16H10F4N4/c17-10-4-6-11(7-5-10)22-14-9-13(16(18,19)20)23-15(24-14)12-3-1-2-8-21-12/h1-9H,(H,22,23,24). The van der Waals surface area contributed by atoms with Gasteiger partial charge >= 0.3 is 6.18 Å². The molecule has 0 atom stereocenters. The highest BCUT2D eigenvalue weighted by Gasteiger charge is 2.34. The minimum atomic E-state index is -4.63. The van der Waals surface area contributed by atoms with E-state index in [1.54, 1.807) is 12.1 Å². The van der Waals surface area contributed by atoms with E-state index in [-0.39, 0.29) is 17.3 Å². The first-order valence-electron chi connectivity index (χ1n) is 6.82. The summed E-state index contributed by atoms with van der Waals surface area (Å²) in [6.07, 6.45) is -3.20. The van der Waals surface area contributed by atoms with E-state index in [4.69, 9.17) is 0 Å². The van der Waals surface area contributed by atoms with E-state index in [9.17, 15) is 17.6 Å². The first kappa shape index (κ1) is 15.9. The van der Waals surface area contributed by atoms with Crippen molar-refractivity contribution in [2.75, 3.05) is 5.32 Å². The van der Waals surface area contributed by atoms with Crippen LogP contribution in [0.5, 0.6) is 0 Å². The molecular formula is C16H10F4N4. The minimum Gasteiger partial charge on any atom is -0.340 e. The lowest BCUT2D eigenvalue weighted by atomic mass is 10.3. The van der Waals surface area contributed by atoms with Gasteiger partial charge in [0.15, 0.2) is 11.5 Å². The fourth-order valence-corrected chi connectivity index (χ4v) is 1.95. The van der Waals surface area contributed by atoms with Crippen molar-refractivity contribution in [3.8, 4) is 11.5 Å². The van der Waals surface area contributed by atoms with Gasteiger partial charge in [0, 0.05) is 18.0 Å². The summed E-state index contributed by atoms with van der Waals surface area (Å²) in [4.78, 5) is 11.6. The molecule has 24 heavy (non-hydrogen) atoms. The fraction of sp³-hybridized carbons (Fsp3) is 0.0625. The SMILES string of the molecule is Fc1ccc(Nc2cc(C(F)(F)F)nc(-c3ccccn3)n2)cc1. The van der Waals surface area contributed by atoms with Crippen molar-refractivity contribution in [1.29, 1.82) is 0 Å². The largest absolute Gasteiger partial charge is 0.433 e. The van der Waals surface area contributed by atoms with Crippen LogP contribution in [-0.4, -0.2) is 15.0 Å². The van der Waals surface area contributed by atoms with Crippen LogP contribution < -0.4 is 5.32 Å². The Morgan fingerprint density at radius 1 is 0.917 bits per heavy atom. The number of alkyl halides is 3. The van der Waals surface area contributed by atoms with Crippen molar-refractivity contribution in [2.24, 2.45) is 0 Å². The number of hydrogen-bond donors (Lipinski definition) is 1. The van der Waals surface area contributed by atoms with Gasteiger partial charge in [0.1, 0.15) is 17.3 Å². The number of halogens is 4. The second-order valence-electron chi connectivity index (χ2n) is 4.81. The van der Waals surface area contributed by atoms with E-state index >= 15 is 0 Å². The van der Waals surface area contributed by atoms with E-state index in [1.165, 1.54) is 36.5 Å². The van der Waals surface area contributed by atoms with Crippen LogP contribution in [0.15, 0.2) is 54.7 Å². The molecule has 0 saturated carbocycles. The average Bonchev–Trinajstić information content (AvgIpc) is 2.57. The van der Waals surface area contributed by atoms with Gasteiger partial charge in [0.2, 0.25) is 0 Å². The summed E-state index contributed by atoms with van der Waals surface area (Å²) >= 11 is 0. The van der Waals surface area contributed by atoms with Crippen LogP contribution in [0.3, 0.4) is 0 Å². The van der Waals surface area contributed by atoms with E-state index in [1.807, 2.05) is 0 Å². The molecule has 122 valence electrons. The topological polar surface area (TPSA) is 50.7 Å². The van der Waals surface area contributed by atoms with Crippen molar-refractivity contribution >= 4 is 11.5 Å². The van der Waals surface area contributed by atoms with Crippen molar-refractivity contribution in [2.45, 2.75) is 6.18 Å². The average molecular weight is 334 g/mol. The molecule has 0 fully saturated rings. The van der Waals surface area contributed by atoms with Crippen molar-refractivity contribution in [3.05, 3.63) is 66.2 Å². The summed E-state index contributed by atoms with van der Waals surface area (Å²) in [5.41, 5.74) is -0.483. The van der Waals surface area contributed by atoms with E-state index in [0.29, 0.717) is 5.69 Å². The molecule has 0 amide bonds. The number of pyridine rings is 1. The molecule has 0 spiro atoms. The lowest BCUT2D eigenvalue weighted by molar-refractivity contribution is -0.141. The van der Waals surface area contributed by atoms with Gasteiger partial charge in [0.25, 0.3) is 0 Å². The number of aromatic nitrogens is 3. The molecule has 1 N–H and O–H groups in total. The normalized spacial score (nSPS) is 11.3. The highest BCUT2D eigenvalue weighted by atomic mass is 19.4. The monoisotopic (exact) mass is 334 g/mol. The van der Waals surface area contributed by atoms with E-state index in [0.717, 1.165) is 6.07 Å². The first-order chi connectivity index (χ1) is 11.4. The zero-order valence-electron chi connectivity index (χ0n) is 12.0. The van der Waals surface area contributed by atoms with Crippen LogP contribution in [0.2, 0.25) is 0 Å². The number of nitrogens with zero attached hydrogens (tertiary/aromatic N) is 3. The Hall–Kier alpha value is -3.03. The molecule has 0 aliphatic carbocycles. The quantitative estimate of drug-likeness (QED) is 0.720. The van der Waals surface area contributed by atoms with Gasteiger partial charge in [-0.25, -0.2) is 14.4 Å². The third-order valence-corrected chi connectivity index (χ3v) is 3.03. The second kappa shape index (κ2) is 6.23. The Kier molecular flexibility index (Phi) is 4.11. The Morgan fingerprint density at radius 3 is 2.29 bits per heavy atom. The van der Waals surface area contributed by atoms with Gasteiger partial charge in [0.05, 0.1) is 0 Å². The lowest BCUT2D eigenvalue weighted by Gasteiger charge is -2.11. The predicted octanol–water partition coefficient (Wildman–Crippen LogP) is 4.44. The first-order valence-corrected chi connectivity index (χ1v) is 6.82. The van der Waals surface area contributed by atoms with Crippen LogP contribution in [0.4, 0.5) is 29.1 Å². The summed E-state index contributed by atoms with van der Waals surface area (Å²) in [5.74, 6) is -0.673. The summed E-state index contributed by atoms with van der Waals surface area (Å²) in [7, 11) is 0. The molecule has 3 rings (SSSR count). The fourth-order valence-electron chi connectivity index (χ4n) is 1.95. The number of rotatable bonds is 3. The van der Waals surface area contributed by atoms with Crippen LogP contribution >= 0.6 is 0 Å². The molecule has 0 radical (unpaired) electrons. The molecule has 2 heterocycles. The smallest absolute Gasteiger partial charge is 0.340 e. The van der Waals surface area contributed by atoms with Gasteiger partial charge in [-0.05, 0) is 36.4 Å². The van der Waals surface area contributed by atoms with Crippen molar-refractivity contribution in [3.63, 3.8) is 0 Å². The molecule has 0 unspecified atom stereocenters. The molecule has 2 aromatic heterocycles. The van der Waals surface area contributed by atoms with E-state index < -0.39 is 17.7 Å². The maximum Gasteiger partial charge on any atom is 0.433 e. The molecule has 4 nitrogen and oxygen atoms in total. The zero-order chi connectivity index (χ0) is 17.2. The van der Waals surface area contributed by atoms with Gasteiger partial charge in [-0.3, -0.25) is 4.98 Å². The molecule has 1 aromatic carbocycles. The molecule has 0 aliphatic rings. The Morgan fingerprint density at radius 2 is 1.67 bits per heavy atom. The van der Waals surface area contributed by atoms with Crippen LogP contribution in [-0.2, 0) is 6.18 Å². The molecule has 0 saturated heterocycles. The predicted molar refractivity (Wildman–Crippen MR) is 79.9 cm³/mol. The van der Waals surface area contributed by atoms with Crippen LogP contribution in [0.1, 0.15) is 5.69 Å². The van der Waals surface area contributed by atoms with Crippen molar-refractivity contribution in [1.82, 2.24) is 15.0 Å². The summed E-state index contributed by atoms with van der Waals surface area (Å²) in [6, 6.07) is 10.7. The Balaban J connectivity index is 2.03. The number of benzene rings is 1. The van der Waals surface area contributed by atoms with Gasteiger partial charge in [-0.1, -0.05) is 6.07 Å².